The van der Waals surface area contributed by atoms with Gasteiger partial charge in [-0.3, -0.25) is 0 Å². The van der Waals surface area contributed by atoms with E-state index in [4.69, 9.17) is 5.73 Å². The van der Waals surface area contributed by atoms with Gasteiger partial charge in [-0.1, -0.05) is 18.1 Å². The van der Waals surface area contributed by atoms with Crippen LogP contribution in [0.1, 0.15) is 43.8 Å². The van der Waals surface area contributed by atoms with Crippen molar-refractivity contribution < 1.29 is 0 Å². The Balaban J connectivity index is 2.10. The van der Waals surface area contributed by atoms with Crippen molar-refractivity contribution in [1.29, 1.82) is 0 Å². The Morgan fingerprint density at radius 2 is 2.29 bits per heavy atom. The molecule has 0 saturated heterocycles. The summed E-state index contributed by atoms with van der Waals surface area (Å²) in [7, 11) is 0. The van der Waals surface area contributed by atoms with Gasteiger partial charge in [-0.15, -0.1) is 0 Å². The second-order valence-electron chi connectivity index (χ2n) is 3.69. The lowest BCUT2D eigenvalue weighted by Crippen LogP contribution is -2.13. The van der Waals surface area contributed by atoms with Crippen molar-refractivity contribution in [2.75, 3.05) is 0 Å². The molecule has 1 aromatic heterocycles. The van der Waals surface area contributed by atoms with Gasteiger partial charge in [0.2, 0.25) is 0 Å². The first-order chi connectivity index (χ1) is 6.88. The number of allylic oxidation sites excluding steroid dienone is 1. The average molecular weight is 209 g/mol. The molecule has 0 fully saturated rings. The van der Waals surface area contributed by atoms with Crippen LogP contribution < -0.4 is 5.73 Å². The van der Waals surface area contributed by atoms with Gasteiger partial charge in [-0.2, -0.15) is 8.75 Å². The molecule has 1 aromatic rings. The van der Waals surface area contributed by atoms with Crippen molar-refractivity contribution in [3.05, 3.63) is 23.5 Å². The zero-order valence-corrected chi connectivity index (χ0v) is 8.96. The van der Waals surface area contributed by atoms with Crippen molar-refractivity contribution in [2.24, 2.45) is 5.73 Å². The standard InChI is InChI=1S/C10H15N3S/c11-10(9-7-12-14-13-9)8-5-3-1-2-4-6-8/h5,7,10H,1-4,6,11H2. The highest BCUT2D eigenvalue weighted by Gasteiger charge is 2.15. The summed E-state index contributed by atoms with van der Waals surface area (Å²) in [6.07, 6.45) is 10.2. The first-order valence-electron chi connectivity index (χ1n) is 5.10. The van der Waals surface area contributed by atoms with E-state index in [0.29, 0.717) is 0 Å². The molecule has 1 unspecified atom stereocenters. The van der Waals surface area contributed by atoms with Crippen LogP contribution in [0.4, 0.5) is 0 Å². The first kappa shape index (κ1) is 9.80. The highest BCUT2D eigenvalue weighted by Crippen LogP contribution is 2.26. The SMILES string of the molecule is NC(C1=CCCCCC1)c1cnsn1. The van der Waals surface area contributed by atoms with E-state index in [1.165, 1.54) is 43.0 Å². The minimum Gasteiger partial charge on any atom is -0.319 e. The highest BCUT2D eigenvalue weighted by atomic mass is 32.1. The molecule has 4 heteroatoms. The fourth-order valence-electron chi connectivity index (χ4n) is 1.82. The van der Waals surface area contributed by atoms with E-state index < -0.39 is 0 Å². The van der Waals surface area contributed by atoms with Gasteiger partial charge >= 0.3 is 0 Å². The normalized spacial score (nSPS) is 19.9. The predicted molar refractivity (Wildman–Crippen MR) is 58.0 cm³/mol. The van der Waals surface area contributed by atoms with Crippen LogP contribution in [0, 0.1) is 0 Å². The molecule has 2 rings (SSSR count). The molecule has 3 nitrogen and oxygen atoms in total. The fourth-order valence-corrected chi connectivity index (χ4v) is 2.28. The van der Waals surface area contributed by atoms with E-state index in [0.717, 1.165) is 12.1 Å². The summed E-state index contributed by atoms with van der Waals surface area (Å²) in [5.41, 5.74) is 8.38. The van der Waals surface area contributed by atoms with E-state index in [1.807, 2.05) is 0 Å². The minimum atomic E-state index is -0.0214. The van der Waals surface area contributed by atoms with Gasteiger partial charge in [-0.25, -0.2) is 0 Å². The van der Waals surface area contributed by atoms with Crippen LogP contribution in [-0.2, 0) is 0 Å². The molecule has 0 radical (unpaired) electrons. The molecule has 1 aliphatic rings. The number of nitrogens with two attached hydrogens (primary N) is 1. The van der Waals surface area contributed by atoms with Gasteiger partial charge in [0, 0.05) is 0 Å². The zero-order chi connectivity index (χ0) is 9.80. The minimum absolute atomic E-state index is 0.0214. The number of aromatic nitrogens is 2. The van der Waals surface area contributed by atoms with Crippen LogP contribution in [0.5, 0.6) is 0 Å². The van der Waals surface area contributed by atoms with Gasteiger partial charge in [-0.05, 0) is 25.7 Å². The van der Waals surface area contributed by atoms with Gasteiger partial charge in [0.25, 0.3) is 0 Å². The second-order valence-corrected chi connectivity index (χ2v) is 4.25. The Morgan fingerprint density at radius 1 is 1.36 bits per heavy atom. The monoisotopic (exact) mass is 209 g/mol. The van der Waals surface area contributed by atoms with Gasteiger partial charge in [0.05, 0.1) is 29.7 Å². The summed E-state index contributed by atoms with van der Waals surface area (Å²) in [6.45, 7) is 0. The fraction of sp³-hybridized carbons (Fsp3) is 0.600. The number of hydrogen-bond donors (Lipinski definition) is 1. The van der Waals surface area contributed by atoms with Crippen LogP contribution in [-0.4, -0.2) is 8.75 Å². The van der Waals surface area contributed by atoms with Crippen LogP contribution in [0.3, 0.4) is 0 Å². The topological polar surface area (TPSA) is 51.8 Å². The number of rotatable bonds is 2. The number of nitrogens with zero attached hydrogens (tertiary/aromatic N) is 2. The van der Waals surface area contributed by atoms with Gasteiger partial charge < -0.3 is 5.73 Å². The molecule has 1 aliphatic carbocycles. The molecule has 1 heterocycles. The van der Waals surface area contributed by atoms with Crippen molar-refractivity contribution in [2.45, 2.75) is 38.1 Å². The Hall–Kier alpha value is -0.740. The maximum atomic E-state index is 6.12. The molecule has 0 saturated carbocycles. The van der Waals surface area contributed by atoms with E-state index in [9.17, 15) is 0 Å². The summed E-state index contributed by atoms with van der Waals surface area (Å²) in [4.78, 5) is 0. The largest absolute Gasteiger partial charge is 0.319 e. The lowest BCUT2D eigenvalue weighted by molar-refractivity contribution is 0.684. The van der Waals surface area contributed by atoms with Gasteiger partial charge in [0.1, 0.15) is 0 Å². The molecular weight excluding hydrogens is 194 g/mol. The van der Waals surface area contributed by atoms with E-state index >= 15 is 0 Å². The third-order valence-corrected chi connectivity index (χ3v) is 3.16. The summed E-state index contributed by atoms with van der Waals surface area (Å²) in [5, 5.41) is 0. The molecule has 0 amide bonds. The molecule has 14 heavy (non-hydrogen) atoms. The molecule has 76 valence electrons. The third-order valence-electron chi connectivity index (χ3n) is 2.67. The van der Waals surface area contributed by atoms with Crippen LogP contribution in [0.15, 0.2) is 17.8 Å². The van der Waals surface area contributed by atoms with E-state index in [2.05, 4.69) is 14.8 Å². The Labute approximate surface area is 88.4 Å². The smallest absolute Gasteiger partial charge is 0.0952 e. The average Bonchev–Trinajstić information content (AvgIpc) is 2.59. The van der Waals surface area contributed by atoms with Crippen LogP contribution in [0.25, 0.3) is 0 Å². The lowest BCUT2D eigenvalue weighted by atomic mass is 10.0. The van der Waals surface area contributed by atoms with Crippen LogP contribution in [0.2, 0.25) is 0 Å². The molecular formula is C10H15N3S. The molecule has 0 aliphatic heterocycles. The molecule has 1 atom stereocenters. The summed E-state index contributed by atoms with van der Waals surface area (Å²) in [5.74, 6) is 0. The Bertz CT molecular complexity index is 305. The summed E-state index contributed by atoms with van der Waals surface area (Å²) in [6, 6.07) is -0.0214. The quantitative estimate of drug-likeness (QED) is 0.761. The Kier molecular flexibility index (Phi) is 3.26. The molecule has 0 spiro atoms. The van der Waals surface area contributed by atoms with Crippen molar-refractivity contribution in [3.8, 4) is 0 Å². The molecule has 0 bridgehead atoms. The highest BCUT2D eigenvalue weighted by molar-refractivity contribution is 6.99. The Morgan fingerprint density at radius 3 is 3.07 bits per heavy atom. The lowest BCUT2D eigenvalue weighted by Gasteiger charge is -2.11. The summed E-state index contributed by atoms with van der Waals surface area (Å²) >= 11 is 1.23. The molecule has 0 aromatic carbocycles. The van der Waals surface area contributed by atoms with Crippen molar-refractivity contribution in [3.63, 3.8) is 0 Å². The van der Waals surface area contributed by atoms with E-state index in [1.54, 1.807) is 6.20 Å². The van der Waals surface area contributed by atoms with Gasteiger partial charge in [0.15, 0.2) is 0 Å². The second kappa shape index (κ2) is 4.66. The predicted octanol–water partition coefficient (Wildman–Crippen LogP) is 2.43. The maximum absolute atomic E-state index is 6.12. The maximum Gasteiger partial charge on any atom is 0.0952 e. The van der Waals surface area contributed by atoms with Crippen molar-refractivity contribution in [1.82, 2.24) is 8.75 Å². The first-order valence-corrected chi connectivity index (χ1v) is 5.83. The summed E-state index contributed by atoms with van der Waals surface area (Å²) < 4.78 is 8.17. The molecule has 2 N–H and O–H groups in total. The third kappa shape index (κ3) is 2.19. The zero-order valence-electron chi connectivity index (χ0n) is 8.15. The number of hydrogen-bond acceptors (Lipinski definition) is 4. The van der Waals surface area contributed by atoms with Crippen molar-refractivity contribution >= 4 is 11.7 Å². The van der Waals surface area contributed by atoms with E-state index in [-0.39, 0.29) is 6.04 Å². The van der Waals surface area contributed by atoms with Crippen LogP contribution >= 0.6 is 11.7 Å².